The number of ether oxygens (including phenoxy) is 1. The van der Waals surface area contributed by atoms with Crippen LogP contribution in [0, 0.1) is 5.41 Å². The molecule has 0 bridgehead atoms. The minimum Gasteiger partial charge on any atom is -0.493 e. The van der Waals surface area contributed by atoms with E-state index in [2.05, 4.69) is 28.6 Å². The van der Waals surface area contributed by atoms with Crippen molar-refractivity contribution in [1.82, 2.24) is 0 Å². The second-order valence-electron chi connectivity index (χ2n) is 4.96. The van der Waals surface area contributed by atoms with Crippen molar-refractivity contribution < 1.29 is 4.74 Å². The first-order chi connectivity index (χ1) is 8.24. The van der Waals surface area contributed by atoms with Gasteiger partial charge in [0, 0.05) is 9.89 Å². The molecule has 0 amide bonds. The molecule has 0 atom stereocenters. The summed E-state index contributed by atoms with van der Waals surface area (Å²) in [7, 11) is 0. The number of halogens is 1. The Bertz CT molecular complexity index is 361. The van der Waals surface area contributed by atoms with E-state index in [1.165, 1.54) is 32.1 Å². The SMILES string of the molecule is SCC1(COc2cccc(Br)c2)CCCCC1. The topological polar surface area (TPSA) is 9.23 Å². The van der Waals surface area contributed by atoms with Crippen LogP contribution in [0.5, 0.6) is 5.75 Å². The minimum absolute atomic E-state index is 0.295. The van der Waals surface area contributed by atoms with Gasteiger partial charge in [-0.15, -0.1) is 0 Å². The van der Waals surface area contributed by atoms with Crippen molar-refractivity contribution >= 4 is 28.6 Å². The third-order valence-electron chi connectivity index (χ3n) is 3.59. The first-order valence-corrected chi connectivity index (χ1v) is 7.66. The second-order valence-corrected chi connectivity index (χ2v) is 6.20. The monoisotopic (exact) mass is 314 g/mol. The van der Waals surface area contributed by atoms with Gasteiger partial charge in [0.15, 0.2) is 0 Å². The van der Waals surface area contributed by atoms with Crippen molar-refractivity contribution in [3.63, 3.8) is 0 Å². The molecule has 0 saturated heterocycles. The van der Waals surface area contributed by atoms with Gasteiger partial charge in [0.2, 0.25) is 0 Å². The van der Waals surface area contributed by atoms with Crippen molar-refractivity contribution in [2.24, 2.45) is 5.41 Å². The van der Waals surface area contributed by atoms with E-state index in [0.29, 0.717) is 5.41 Å². The fraction of sp³-hybridized carbons (Fsp3) is 0.571. The largest absolute Gasteiger partial charge is 0.493 e. The molecule has 0 unspecified atom stereocenters. The summed E-state index contributed by atoms with van der Waals surface area (Å²) in [4.78, 5) is 0. The quantitative estimate of drug-likeness (QED) is 0.792. The predicted octanol–water partition coefficient (Wildman–Crippen LogP) is 4.71. The van der Waals surface area contributed by atoms with E-state index in [4.69, 9.17) is 4.74 Å². The maximum atomic E-state index is 5.94. The lowest BCUT2D eigenvalue weighted by Gasteiger charge is -2.35. The van der Waals surface area contributed by atoms with Crippen LogP contribution in [0.3, 0.4) is 0 Å². The van der Waals surface area contributed by atoms with Crippen LogP contribution in [0.1, 0.15) is 32.1 Å². The molecule has 94 valence electrons. The number of thiol groups is 1. The highest BCUT2D eigenvalue weighted by molar-refractivity contribution is 9.10. The Morgan fingerprint density at radius 1 is 1.24 bits per heavy atom. The van der Waals surface area contributed by atoms with Gasteiger partial charge in [-0.1, -0.05) is 41.3 Å². The van der Waals surface area contributed by atoms with Gasteiger partial charge in [-0.3, -0.25) is 0 Å². The molecule has 0 radical (unpaired) electrons. The van der Waals surface area contributed by atoms with Gasteiger partial charge in [0.05, 0.1) is 6.61 Å². The van der Waals surface area contributed by atoms with E-state index >= 15 is 0 Å². The summed E-state index contributed by atoms with van der Waals surface area (Å²) in [6.45, 7) is 0.799. The van der Waals surface area contributed by atoms with Gasteiger partial charge in [-0.25, -0.2) is 0 Å². The molecule has 0 spiro atoms. The van der Waals surface area contributed by atoms with E-state index in [-0.39, 0.29) is 0 Å². The maximum absolute atomic E-state index is 5.94. The lowest BCUT2D eigenvalue weighted by atomic mass is 9.76. The third kappa shape index (κ3) is 3.65. The minimum atomic E-state index is 0.295. The standard InChI is InChI=1S/C14H19BrOS/c15-12-5-4-6-13(9-12)16-10-14(11-17)7-2-1-3-8-14/h4-6,9,17H,1-3,7-8,10-11H2. The smallest absolute Gasteiger partial charge is 0.120 e. The van der Waals surface area contributed by atoms with Crippen molar-refractivity contribution in [2.75, 3.05) is 12.4 Å². The zero-order valence-corrected chi connectivity index (χ0v) is 12.5. The molecule has 2 rings (SSSR count). The molecule has 1 saturated carbocycles. The van der Waals surface area contributed by atoms with Crippen molar-refractivity contribution in [3.05, 3.63) is 28.7 Å². The lowest BCUT2D eigenvalue weighted by Crippen LogP contribution is -2.32. The molecule has 1 aromatic rings. The Labute approximate surface area is 117 Å². The van der Waals surface area contributed by atoms with Crippen LogP contribution < -0.4 is 4.74 Å². The van der Waals surface area contributed by atoms with Gasteiger partial charge >= 0.3 is 0 Å². The maximum Gasteiger partial charge on any atom is 0.120 e. The Morgan fingerprint density at radius 3 is 2.65 bits per heavy atom. The molecule has 17 heavy (non-hydrogen) atoms. The molecule has 0 heterocycles. The van der Waals surface area contributed by atoms with Crippen LogP contribution in [0.15, 0.2) is 28.7 Å². The van der Waals surface area contributed by atoms with Crippen molar-refractivity contribution in [1.29, 1.82) is 0 Å². The number of hydrogen-bond acceptors (Lipinski definition) is 2. The highest BCUT2D eigenvalue weighted by atomic mass is 79.9. The first kappa shape index (κ1) is 13.3. The summed E-state index contributed by atoms with van der Waals surface area (Å²) in [5, 5.41) is 0. The first-order valence-electron chi connectivity index (χ1n) is 6.23. The van der Waals surface area contributed by atoms with Crippen LogP contribution in [-0.2, 0) is 0 Å². The van der Waals surface area contributed by atoms with Crippen LogP contribution in [0.25, 0.3) is 0 Å². The van der Waals surface area contributed by atoms with Crippen LogP contribution in [0.2, 0.25) is 0 Å². The van der Waals surface area contributed by atoms with E-state index in [1.54, 1.807) is 0 Å². The van der Waals surface area contributed by atoms with Crippen LogP contribution >= 0.6 is 28.6 Å². The van der Waals surface area contributed by atoms with Crippen molar-refractivity contribution in [2.45, 2.75) is 32.1 Å². The predicted molar refractivity (Wildman–Crippen MR) is 79.0 cm³/mol. The van der Waals surface area contributed by atoms with Gasteiger partial charge in [0.25, 0.3) is 0 Å². The van der Waals surface area contributed by atoms with Crippen molar-refractivity contribution in [3.8, 4) is 5.75 Å². The van der Waals surface area contributed by atoms with E-state index in [0.717, 1.165) is 22.6 Å². The molecule has 0 N–H and O–H groups in total. The molecule has 0 aromatic heterocycles. The van der Waals surface area contributed by atoms with E-state index < -0.39 is 0 Å². The summed E-state index contributed by atoms with van der Waals surface area (Å²) in [5.41, 5.74) is 0.295. The van der Waals surface area contributed by atoms with Gasteiger partial charge < -0.3 is 4.74 Å². The molecular weight excluding hydrogens is 296 g/mol. The van der Waals surface area contributed by atoms with E-state index in [1.807, 2.05) is 24.3 Å². The summed E-state index contributed by atoms with van der Waals surface area (Å²) >= 11 is 7.99. The Kier molecular flexibility index (Phi) is 4.80. The number of hydrogen-bond donors (Lipinski definition) is 1. The molecule has 0 aliphatic heterocycles. The molecule has 3 heteroatoms. The zero-order valence-electron chi connectivity index (χ0n) is 9.99. The summed E-state index contributed by atoms with van der Waals surface area (Å²) in [5.74, 6) is 1.88. The number of rotatable bonds is 4. The molecule has 1 nitrogen and oxygen atoms in total. The molecule has 1 aromatic carbocycles. The number of benzene rings is 1. The summed E-state index contributed by atoms with van der Waals surface area (Å²) < 4.78 is 7.01. The Morgan fingerprint density at radius 2 is 2.00 bits per heavy atom. The van der Waals surface area contributed by atoms with Crippen LogP contribution in [0.4, 0.5) is 0 Å². The third-order valence-corrected chi connectivity index (χ3v) is 4.75. The molecule has 1 aliphatic carbocycles. The molecule has 1 fully saturated rings. The lowest BCUT2D eigenvalue weighted by molar-refractivity contribution is 0.121. The zero-order chi connectivity index (χ0) is 12.1. The van der Waals surface area contributed by atoms with E-state index in [9.17, 15) is 0 Å². The summed E-state index contributed by atoms with van der Waals surface area (Å²) in [6.07, 6.45) is 6.52. The average molecular weight is 315 g/mol. The molecule has 1 aliphatic rings. The normalized spacial score (nSPS) is 18.9. The average Bonchev–Trinajstić information content (AvgIpc) is 2.38. The Hall–Kier alpha value is -0.150. The fourth-order valence-electron chi connectivity index (χ4n) is 2.44. The van der Waals surface area contributed by atoms with Gasteiger partial charge in [-0.05, 0) is 36.8 Å². The highest BCUT2D eigenvalue weighted by Gasteiger charge is 2.31. The Balaban J connectivity index is 1.95. The fourth-order valence-corrected chi connectivity index (χ4v) is 3.23. The van der Waals surface area contributed by atoms with Gasteiger partial charge in [-0.2, -0.15) is 12.6 Å². The second kappa shape index (κ2) is 6.14. The molecular formula is C14H19BrOS. The van der Waals surface area contributed by atoms with Gasteiger partial charge in [0.1, 0.15) is 5.75 Å². The summed E-state index contributed by atoms with van der Waals surface area (Å²) in [6, 6.07) is 8.06. The van der Waals surface area contributed by atoms with Crippen LogP contribution in [-0.4, -0.2) is 12.4 Å². The highest BCUT2D eigenvalue weighted by Crippen LogP contribution is 2.37.